The van der Waals surface area contributed by atoms with Gasteiger partial charge in [0.25, 0.3) is 0 Å². The van der Waals surface area contributed by atoms with Gasteiger partial charge in [-0.2, -0.15) is 0 Å². The summed E-state index contributed by atoms with van der Waals surface area (Å²) in [4.78, 5) is 2.36. The van der Waals surface area contributed by atoms with Crippen molar-refractivity contribution in [2.24, 2.45) is 0 Å². The number of aromatic nitrogens is 1. The van der Waals surface area contributed by atoms with Gasteiger partial charge in [0.15, 0.2) is 0 Å². The van der Waals surface area contributed by atoms with Gasteiger partial charge in [-0.3, -0.25) is 0 Å². The Morgan fingerprint density at radius 1 is 1.40 bits per heavy atom. The zero-order chi connectivity index (χ0) is 13.9. The van der Waals surface area contributed by atoms with E-state index >= 15 is 0 Å². The molecule has 1 aromatic heterocycles. The fourth-order valence-electron chi connectivity index (χ4n) is 3.52. The highest BCUT2D eigenvalue weighted by Gasteiger charge is 2.23. The molecule has 2 unspecified atom stereocenters. The minimum Gasteiger partial charge on any atom is -0.374 e. The standard InChI is InChI=1S/C16H27N3O/c1-3-17-16-6-4-5-13-9-19(12-15(13)16)11-14-10-18(2)7-8-20-14/h9,12,14,16-17H,3-8,10-11H2,1-2H3. The van der Waals surface area contributed by atoms with Crippen molar-refractivity contribution in [1.29, 1.82) is 0 Å². The molecule has 1 aliphatic heterocycles. The van der Waals surface area contributed by atoms with E-state index in [0.717, 1.165) is 32.8 Å². The number of aryl methyl sites for hydroxylation is 1. The van der Waals surface area contributed by atoms with Crippen molar-refractivity contribution >= 4 is 0 Å². The lowest BCUT2D eigenvalue weighted by Crippen LogP contribution is -2.41. The predicted molar refractivity (Wildman–Crippen MR) is 81.0 cm³/mol. The normalized spacial score (nSPS) is 27.5. The lowest BCUT2D eigenvalue weighted by atomic mass is 9.91. The second-order valence-electron chi connectivity index (χ2n) is 6.19. The van der Waals surface area contributed by atoms with Crippen LogP contribution in [-0.4, -0.2) is 48.9 Å². The molecule has 0 bridgehead atoms. The van der Waals surface area contributed by atoms with E-state index in [1.165, 1.54) is 30.4 Å². The number of hydrogen-bond acceptors (Lipinski definition) is 3. The molecular weight excluding hydrogens is 250 g/mol. The van der Waals surface area contributed by atoms with Crippen molar-refractivity contribution in [3.63, 3.8) is 0 Å². The third-order valence-electron chi connectivity index (χ3n) is 4.52. The van der Waals surface area contributed by atoms with Gasteiger partial charge in [-0.05, 0) is 44.0 Å². The first-order valence-corrected chi connectivity index (χ1v) is 7.98. The molecule has 1 N–H and O–H groups in total. The van der Waals surface area contributed by atoms with Gasteiger partial charge in [-0.1, -0.05) is 6.92 Å². The fourth-order valence-corrected chi connectivity index (χ4v) is 3.52. The van der Waals surface area contributed by atoms with Crippen molar-refractivity contribution < 1.29 is 4.74 Å². The maximum atomic E-state index is 5.88. The highest BCUT2D eigenvalue weighted by molar-refractivity contribution is 5.30. The van der Waals surface area contributed by atoms with Gasteiger partial charge >= 0.3 is 0 Å². The molecule has 1 aromatic rings. The first-order valence-electron chi connectivity index (χ1n) is 7.98. The summed E-state index contributed by atoms with van der Waals surface area (Å²) >= 11 is 0. The highest BCUT2D eigenvalue weighted by Crippen LogP contribution is 2.30. The van der Waals surface area contributed by atoms with E-state index in [1.54, 1.807) is 0 Å². The van der Waals surface area contributed by atoms with Crippen LogP contribution in [0.15, 0.2) is 12.4 Å². The number of morpholine rings is 1. The average Bonchev–Trinajstić information content (AvgIpc) is 2.82. The average molecular weight is 277 g/mol. The van der Waals surface area contributed by atoms with Crippen molar-refractivity contribution in [1.82, 2.24) is 14.8 Å². The Kier molecular flexibility index (Phi) is 4.44. The van der Waals surface area contributed by atoms with Crippen LogP contribution < -0.4 is 5.32 Å². The molecule has 0 amide bonds. The van der Waals surface area contributed by atoms with Crippen LogP contribution in [0.3, 0.4) is 0 Å². The van der Waals surface area contributed by atoms with Gasteiger partial charge in [0.05, 0.1) is 12.7 Å². The number of nitrogens with one attached hydrogen (secondary N) is 1. The lowest BCUT2D eigenvalue weighted by Gasteiger charge is -2.30. The second-order valence-corrected chi connectivity index (χ2v) is 6.19. The number of nitrogens with zero attached hydrogens (tertiary/aromatic N) is 2. The molecule has 2 atom stereocenters. The number of hydrogen-bond donors (Lipinski definition) is 1. The molecule has 2 heterocycles. The van der Waals surface area contributed by atoms with Crippen LogP contribution in [0.25, 0.3) is 0 Å². The summed E-state index contributed by atoms with van der Waals surface area (Å²) in [6.45, 7) is 7.18. The summed E-state index contributed by atoms with van der Waals surface area (Å²) < 4.78 is 8.23. The minimum atomic E-state index is 0.334. The van der Waals surface area contributed by atoms with Gasteiger partial charge in [0.1, 0.15) is 0 Å². The third kappa shape index (κ3) is 3.08. The summed E-state index contributed by atoms with van der Waals surface area (Å²) in [5, 5.41) is 3.61. The molecule has 1 saturated heterocycles. The zero-order valence-electron chi connectivity index (χ0n) is 12.8. The third-order valence-corrected chi connectivity index (χ3v) is 4.52. The van der Waals surface area contributed by atoms with Crippen molar-refractivity contribution in [2.45, 2.75) is 44.9 Å². The van der Waals surface area contributed by atoms with E-state index in [-0.39, 0.29) is 0 Å². The predicted octanol–water partition coefficient (Wildman–Crippen LogP) is 1.81. The zero-order valence-corrected chi connectivity index (χ0v) is 12.8. The van der Waals surface area contributed by atoms with E-state index in [0.29, 0.717) is 12.1 Å². The number of fused-ring (bicyclic) bond motifs is 1. The highest BCUT2D eigenvalue weighted by atomic mass is 16.5. The summed E-state index contributed by atoms with van der Waals surface area (Å²) in [5.74, 6) is 0. The maximum Gasteiger partial charge on any atom is 0.0880 e. The maximum absolute atomic E-state index is 5.88. The summed E-state index contributed by atoms with van der Waals surface area (Å²) in [6.07, 6.45) is 8.83. The lowest BCUT2D eigenvalue weighted by molar-refractivity contribution is -0.0274. The van der Waals surface area contributed by atoms with Crippen molar-refractivity contribution in [3.8, 4) is 0 Å². The van der Waals surface area contributed by atoms with E-state index < -0.39 is 0 Å². The molecule has 112 valence electrons. The van der Waals surface area contributed by atoms with E-state index in [9.17, 15) is 0 Å². The molecule has 20 heavy (non-hydrogen) atoms. The number of rotatable bonds is 4. The van der Waals surface area contributed by atoms with Crippen LogP contribution in [0.2, 0.25) is 0 Å². The van der Waals surface area contributed by atoms with E-state index in [4.69, 9.17) is 4.74 Å². The van der Waals surface area contributed by atoms with Crippen LogP contribution >= 0.6 is 0 Å². The molecule has 2 aliphatic rings. The summed E-state index contributed by atoms with van der Waals surface area (Å²) in [5.41, 5.74) is 3.05. The van der Waals surface area contributed by atoms with Gasteiger partial charge in [-0.15, -0.1) is 0 Å². The van der Waals surface area contributed by atoms with Crippen LogP contribution in [0.1, 0.15) is 36.9 Å². The molecule has 1 fully saturated rings. The van der Waals surface area contributed by atoms with Crippen LogP contribution in [-0.2, 0) is 17.7 Å². The molecular formula is C16H27N3O. The Balaban J connectivity index is 1.69. The Hall–Kier alpha value is -0.840. The fraction of sp³-hybridized carbons (Fsp3) is 0.750. The largest absolute Gasteiger partial charge is 0.374 e. The SMILES string of the molecule is CCNC1CCCc2cn(CC3CN(C)CCO3)cc21. The first kappa shape index (κ1) is 14.1. The molecule has 0 spiro atoms. The monoisotopic (exact) mass is 277 g/mol. The Morgan fingerprint density at radius 3 is 3.10 bits per heavy atom. The van der Waals surface area contributed by atoms with Crippen LogP contribution in [0.4, 0.5) is 0 Å². The molecule has 0 saturated carbocycles. The first-order chi connectivity index (χ1) is 9.76. The Bertz CT molecular complexity index is 443. The summed E-state index contributed by atoms with van der Waals surface area (Å²) in [7, 11) is 2.18. The smallest absolute Gasteiger partial charge is 0.0880 e. The molecule has 1 aliphatic carbocycles. The molecule has 4 heteroatoms. The summed E-state index contributed by atoms with van der Waals surface area (Å²) in [6, 6.07) is 0.556. The number of likely N-dealkylation sites (N-methyl/N-ethyl adjacent to an activating group) is 1. The molecule has 0 radical (unpaired) electrons. The van der Waals surface area contributed by atoms with E-state index in [2.05, 4.69) is 41.1 Å². The van der Waals surface area contributed by atoms with Crippen molar-refractivity contribution in [3.05, 3.63) is 23.5 Å². The van der Waals surface area contributed by atoms with E-state index in [1.807, 2.05) is 0 Å². The molecule has 4 nitrogen and oxygen atoms in total. The quantitative estimate of drug-likeness (QED) is 0.910. The van der Waals surface area contributed by atoms with Gasteiger partial charge in [-0.25, -0.2) is 0 Å². The molecule has 0 aromatic carbocycles. The number of ether oxygens (including phenoxy) is 1. The van der Waals surface area contributed by atoms with Gasteiger partial charge < -0.3 is 19.5 Å². The topological polar surface area (TPSA) is 29.4 Å². The minimum absolute atomic E-state index is 0.334. The Morgan fingerprint density at radius 2 is 2.30 bits per heavy atom. The van der Waals surface area contributed by atoms with Crippen molar-refractivity contribution in [2.75, 3.05) is 33.3 Å². The van der Waals surface area contributed by atoms with Gasteiger partial charge in [0.2, 0.25) is 0 Å². The van der Waals surface area contributed by atoms with Crippen LogP contribution in [0.5, 0.6) is 0 Å². The van der Waals surface area contributed by atoms with Crippen LogP contribution in [0, 0.1) is 0 Å². The molecule has 3 rings (SSSR count). The second kappa shape index (κ2) is 6.29. The van der Waals surface area contributed by atoms with Gasteiger partial charge in [0, 0.05) is 38.1 Å². The Labute approximate surface area is 122 Å².